The van der Waals surface area contributed by atoms with Gasteiger partial charge in [-0.25, -0.2) is 0 Å². The van der Waals surface area contributed by atoms with Gasteiger partial charge in [0.25, 0.3) is 0 Å². The standard InChI is InChI=1S/C15H22F2N2O2/c1-11(19(2)10-14-9-18-7-8-20-14)12-3-5-13(6-4-12)21-15(16)17/h3-6,11,14-15,18H,7-10H2,1-2H3. The molecular weight excluding hydrogens is 278 g/mol. The first kappa shape index (κ1) is 16.1. The number of halogens is 2. The van der Waals surface area contributed by atoms with Gasteiger partial charge in [0.2, 0.25) is 0 Å². The lowest BCUT2D eigenvalue weighted by molar-refractivity contribution is -0.0498. The quantitative estimate of drug-likeness (QED) is 0.874. The number of morpholine rings is 1. The molecule has 2 rings (SSSR count). The van der Waals surface area contributed by atoms with Gasteiger partial charge in [0.1, 0.15) is 5.75 Å². The number of alkyl halides is 2. The minimum absolute atomic E-state index is 0.177. The van der Waals surface area contributed by atoms with Crippen LogP contribution in [0.1, 0.15) is 18.5 Å². The average molecular weight is 300 g/mol. The lowest BCUT2D eigenvalue weighted by Crippen LogP contribution is -2.44. The molecule has 1 N–H and O–H groups in total. The lowest BCUT2D eigenvalue weighted by Gasteiger charge is -2.31. The van der Waals surface area contributed by atoms with E-state index < -0.39 is 6.61 Å². The molecule has 1 aliphatic heterocycles. The molecule has 1 fully saturated rings. The largest absolute Gasteiger partial charge is 0.435 e. The van der Waals surface area contributed by atoms with Crippen molar-refractivity contribution < 1.29 is 18.3 Å². The van der Waals surface area contributed by atoms with E-state index in [1.54, 1.807) is 12.1 Å². The molecule has 0 amide bonds. The van der Waals surface area contributed by atoms with Gasteiger partial charge in [0.05, 0.1) is 12.7 Å². The summed E-state index contributed by atoms with van der Waals surface area (Å²) in [6.45, 7) is 2.63. The van der Waals surface area contributed by atoms with E-state index in [2.05, 4.69) is 21.9 Å². The number of rotatable bonds is 6. The second kappa shape index (κ2) is 7.68. The first-order chi connectivity index (χ1) is 10.1. The molecule has 1 aliphatic rings. The lowest BCUT2D eigenvalue weighted by atomic mass is 10.1. The van der Waals surface area contributed by atoms with Crippen LogP contribution in [0.5, 0.6) is 5.75 Å². The maximum Gasteiger partial charge on any atom is 0.387 e. The molecule has 2 atom stereocenters. The van der Waals surface area contributed by atoms with Gasteiger partial charge in [0.15, 0.2) is 0 Å². The molecule has 1 heterocycles. The molecule has 0 spiro atoms. The Balaban J connectivity index is 1.90. The van der Waals surface area contributed by atoms with Crippen molar-refractivity contribution >= 4 is 0 Å². The van der Waals surface area contributed by atoms with Crippen molar-refractivity contribution in [3.8, 4) is 5.75 Å². The van der Waals surface area contributed by atoms with Gasteiger partial charge in [-0.15, -0.1) is 0 Å². The summed E-state index contributed by atoms with van der Waals surface area (Å²) in [5.74, 6) is 0.184. The topological polar surface area (TPSA) is 33.7 Å². The molecule has 2 unspecified atom stereocenters. The first-order valence-electron chi connectivity index (χ1n) is 7.13. The van der Waals surface area contributed by atoms with Crippen LogP contribution >= 0.6 is 0 Å². The van der Waals surface area contributed by atoms with Crippen molar-refractivity contribution in [3.63, 3.8) is 0 Å². The van der Waals surface area contributed by atoms with Crippen LogP contribution in [0.3, 0.4) is 0 Å². The third kappa shape index (κ3) is 4.91. The second-order valence-corrected chi connectivity index (χ2v) is 5.26. The molecule has 1 aromatic rings. The Labute approximate surface area is 124 Å². The molecule has 1 saturated heterocycles. The summed E-state index contributed by atoms with van der Waals surface area (Å²) in [5.41, 5.74) is 1.06. The average Bonchev–Trinajstić information content (AvgIpc) is 2.47. The van der Waals surface area contributed by atoms with Gasteiger partial charge in [-0.3, -0.25) is 4.90 Å². The third-order valence-corrected chi connectivity index (χ3v) is 3.74. The minimum Gasteiger partial charge on any atom is -0.435 e. The van der Waals surface area contributed by atoms with E-state index in [1.165, 1.54) is 0 Å². The highest BCUT2D eigenvalue weighted by molar-refractivity contribution is 5.29. The van der Waals surface area contributed by atoms with Gasteiger partial charge in [-0.05, 0) is 31.7 Å². The Bertz CT molecular complexity index is 422. The van der Waals surface area contributed by atoms with Crippen LogP contribution in [0.15, 0.2) is 24.3 Å². The monoisotopic (exact) mass is 300 g/mol. The van der Waals surface area contributed by atoms with Gasteiger partial charge < -0.3 is 14.8 Å². The zero-order valence-electron chi connectivity index (χ0n) is 12.4. The Kier molecular flexibility index (Phi) is 5.90. The van der Waals surface area contributed by atoms with Crippen LogP contribution in [-0.4, -0.2) is 50.9 Å². The molecule has 6 heteroatoms. The predicted octanol–water partition coefficient (Wildman–Crippen LogP) is 2.27. The van der Waals surface area contributed by atoms with Gasteiger partial charge in [-0.2, -0.15) is 8.78 Å². The summed E-state index contributed by atoms with van der Waals surface area (Å²) >= 11 is 0. The highest BCUT2D eigenvalue weighted by atomic mass is 19.3. The SMILES string of the molecule is CC(c1ccc(OC(F)F)cc1)N(C)CC1CNCCO1. The normalized spacial score (nSPS) is 20.8. The molecule has 118 valence electrons. The van der Waals surface area contributed by atoms with Crippen molar-refractivity contribution in [2.45, 2.75) is 25.7 Å². The van der Waals surface area contributed by atoms with Gasteiger partial charge >= 0.3 is 6.61 Å². The first-order valence-corrected chi connectivity index (χ1v) is 7.13. The molecule has 0 aromatic heterocycles. The molecular formula is C15H22F2N2O2. The Morgan fingerprint density at radius 2 is 2.10 bits per heavy atom. The van der Waals surface area contributed by atoms with Crippen molar-refractivity contribution in [2.24, 2.45) is 0 Å². The zero-order valence-corrected chi connectivity index (χ0v) is 12.4. The van der Waals surface area contributed by atoms with Crippen LogP contribution in [0.25, 0.3) is 0 Å². The van der Waals surface area contributed by atoms with Crippen molar-refractivity contribution in [2.75, 3.05) is 33.3 Å². The molecule has 4 nitrogen and oxygen atoms in total. The summed E-state index contributed by atoms with van der Waals surface area (Å²) in [4.78, 5) is 2.20. The van der Waals surface area contributed by atoms with Crippen LogP contribution < -0.4 is 10.1 Å². The van der Waals surface area contributed by atoms with Crippen LogP contribution in [0.4, 0.5) is 8.78 Å². The van der Waals surface area contributed by atoms with E-state index >= 15 is 0 Å². The number of ether oxygens (including phenoxy) is 2. The third-order valence-electron chi connectivity index (χ3n) is 3.74. The summed E-state index contributed by atoms with van der Waals surface area (Å²) in [6.07, 6.45) is 0.188. The van der Waals surface area contributed by atoms with Crippen LogP contribution in [-0.2, 0) is 4.74 Å². The Morgan fingerprint density at radius 1 is 1.38 bits per heavy atom. The number of hydrogen-bond acceptors (Lipinski definition) is 4. The number of nitrogens with one attached hydrogen (secondary N) is 1. The van der Waals surface area contributed by atoms with E-state index in [0.717, 1.165) is 31.8 Å². The molecule has 0 aliphatic carbocycles. The summed E-state index contributed by atoms with van der Waals surface area (Å²) in [7, 11) is 2.03. The molecule has 1 aromatic carbocycles. The fourth-order valence-corrected chi connectivity index (χ4v) is 2.40. The smallest absolute Gasteiger partial charge is 0.387 e. The number of nitrogens with zero attached hydrogens (tertiary/aromatic N) is 1. The zero-order chi connectivity index (χ0) is 15.2. The second-order valence-electron chi connectivity index (χ2n) is 5.26. The summed E-state index contributed by atoms with van der Waals surface area (Å²) < 4.78 is 34.3. The highest BCUT2D eigenvalue weighted by Crippen LogP contribution is 2.23. The van der Waals surface area contributed by atoms with Crippen molar-refractivity contribution in [3.05, 3.63) is 29.8 Å². The fourth-order valence-electron chi connectivity index (χ4n) is 2.40. The van der Waals surface area contributed by atoms with Crippen LogP contribution in [0, 0.1) is 0 Å². The number of hydrogen-bond donors (Lipinski definition) is 1. The number of benzene rings is 1. The fraction of sp³-hybridized carbons (Fsp3) is 0.600. The Morgan fingerprint density at radius 3 is 2.67 bits per heavy atom. The predicted molar refractivity (Wildman–Crippen MR) is 76.7 cm³/mol. The van der Waals surface area contributed by atoms with Gasteiger partial charge in [-0.1, -0.05) is 12.1 Å². The van der Waals surface area contributed by atoms with E-state index in [9.17, 15) is 8.78 Å². The number of likely N-dealkylation sites (N-methyl/N-ethyl adjacent to an activating group) is 1. The van der Waals surface area contributed by atoms with Crippen molar-refractivity contribution in [1.82, 2.24) is 10.2 Å². The maximum absolute atomic E-state index is 12.1. The van der Waals surface area contributed by atoms with E-state index in [-0.39, 0.29) is 17.9 Å². The van der Waals surface area contributed by atoms with E-state index in [4.69, 9.17) is 4.74 Å². The molecule has 0 saturated carbocycles. The van der Waals surface area contributed by atoms with E-state index in [0.29, 0.717) is 0 Å². The molecule has 21 heavy (non-hydrogen) atoms. The van der Waals surface area contributed by atoms with E-state index in [1.807, 2.05) is 19.2 Å². The van der Waals surface area contributed by atoms with Crippen molar-refractivity contribution in [1.29, 1.82) is 0 Å². The van der Waals surface area contributed by atoms with Gasteiger partial charge in [0, 0.05) is 25.7 Å². The van der Waals surface area contributed by atoms with Crippen LogP contribution in [0.2, 0.25) is 0 Å². The molecule has 0 bridgehead atoms. The maximum atomic E-state index is 12.1. The Hall–Kier alpha value is -1.24. The highest BCUT2D eigenvalue weighted by Gasteiger charge is 2.19. The summed E-state index contributed by atoms with van der Waals surface area (Å²) in [5, 5.41) is 3.31. The molecule has 0 radical (unpaired) electrons. The summed E-state index contributed by atoms with van der Waals surface area (Å²) in [6, 6.07) is 6.96. The minimum atomic E-state index is -2.79.